The summed E-state index contributed by atoms with van der Waals surface area (Å²) in [5.41, 5.74) is 2.97. The lowest BCUT2D eigenvalue weighted by Gasteiger charge is -2.11. The van der Waals surface area contributed by atoms with E-state index in [1.165, 1.54) is 35.6 Å². The van der Waals surface area contributed by atoms with Crippen molar-refractivity contribution in [1.29, 1.82) is 0 Å². The summed E-state index contributed by atoms with van der Waals surface area (Å²) in [6.45, 7) is 0.449. The van der Waals surface area contributed by atoms with Crippen LogP contribution in [0.4, 0.5) is 37.7 Å². The summed E-state index contributed by atoms with van der Waals surface area (Å²) in [5.74, 6) is 0.802. The molecule has 2 N–H and O–H groups in total. The predicted molar refractivity (Wildman–Crippen MR) is 133 cm³/mol. The molecule has 0 fully saturated rings. The Balaban J connectivity index is 0.000000289. The summed E-state index contributed by atoms with van der Waals surface area (Å²) >= 11 is 0. The van der Waals surface area contributed by atoms with Crippen LogP contribution >= 0.6 is 0 Å². The smallest absolute Gasteiger partial charge is 0.482 e. The third kappa shape index (κ3) is 9.10. The molecule has 37 heavy (non-hydrogen) atoms. The maximum absolute atomic E-state index is 12.7. The average Bonchev–Trinajstić information content (AvgIpc) is 2.88. The normalized spacial score (nSPS) is 11.2. The maximum atomic E-state index is 12.7. The second-order valence-electron chi connectivity index (χ2n) is 7.85. The van der Waals surface area contributed by atoms with Gasteiger partial charge >= 0.3 is 12.5 Å². The third-order valence-corrected chi connectivity index (χ3v) is 5.12. The molecule has 0 unspecified atom stereocenters. The van der Waals surface area contributed by atoms with Crippen molar-refractivity contribution in [3.05, 3.63) is 114 Å². The van der Waals surface area contributed by atoms with Gasteiger partial charge in [0, 0.05) is 17.9 Å². The van der Waals surface area contributed by atoms with Gasteiger partial charge in [-0.15, -0.1) is 0 Å². The molecular formula is C28H24F6N2O. The minimum atomic E-state index is -4.35. The fraction of sp³-hybridized carbons (Fsp3) is 0.143. The Morgan fingerprint density at radius 3 is 1.76 bits per heavy atom. The van der Waals surface area contributed by atoms with E-state index in [0.717, 1.165) is 34.6 Å². The van der Waals surface area contributed by atoms with Crippen LogP contribution in [0.3, 0.4) is 0 Å². The number of para-hydroxylation sites is 1. The highest BCUT2D eigenvalue weighted by Gasteiger charge is 2.30. The van der Waals surface area contributed by atoms with Crippen LogP contribution < -0.4 is 15.4 Å². The molecule has 0 aliphatic rings. The number of halogens is 6. The van der Waals surface area contributed by atoms with Gasteiger partial charge < -0.3 is 10.1 Å². The topological polar surface area (TPSA) is 33.3 Å². The van der Waals surface area contributed by atoms with Crippen LogP contribution in [0.25, 0.3) is 11.1 Å². The van der Waals surface area contributed by atoms with E-state index >= 15 is 0 Å². The monoisotopic (exact) mass is 518 g/mol. The van der Waals surface area contributed by atoms with Crippen molar-refractivity contribution >= 4 is 11.4 Å². The van der Waals surface area contributed by atoms with E-state index in [-0.39, 0.29) is 5.69 Å². The SMILES string of the molecule is COc1ccc(-c2ccc(CNc3cccc(C(F)(F)F)c3)cc2)cc1.FC(F)(F)Nc1ccccc1. The molecule has 0 amide bonds. The number of hydrogen-bond donors (Lipinski definition) is 2. The first-order valence-corrected chi connectivity index (χ1v) is 11.1. The van der Waals surface area contributed by atoms with Crippen molar-refractivity contribution in [3.8, 4) is 16.9 Å². The number of anilines is 2. The average molecular weight is 519 g/mol. The first kappa shape index (κ1) is 27.4. The number of nitrogens with one attached hydrogen (secondary N) is 2. The van der Waals surface area contributed by atoms with Crippen LogP contribution in [-0.2, 0) is 12.7 Å². The number of hydrogen-bond acceptors (Lipinski definition) is 3. The van der Waals surface area contributed by atoms with E-state index in [4.69, 9.17) is 4.74 Å². The van der Waals surface area contributed by atoms with Gasteiger partial charge in [-0.2, -0.15) is 26.3 Å². The zero-order chi connectivity index (χ0) is 26.9. The number of rotatable bonds is 6. The van der Waals surface area contributed by atoms with Gasteiger partial charge in [0.2, 0.25) is 0 Å². The van der Waals surface area contributed by atoms with Gasteiger partial charge in [0.15, 0.2) is 0 Å². The Morgan fingerprint density at radius 1 is 0.649 bits per heavy atom. The summed E-state index contributed by atoms with van der Waals surface area (Å²) in [4.78, 5) is 0. The van der Waals surface area contributed by atoms with Gasteiger partial charge in [-0.25, -0.2) is 0 Å². The number of ether oxygens (including phenoxy) is 1. The fourth-order valence-corrected chi connectivity index (χ4v) is 3.29. The van der Waals surface area contributed by atoms with Gasteiger partial charge in [0.1, 0.15) is 5.75 Å². The van der Waals surface area contributed by atoms with Crippen LogP contribution in [-0.4, -0.2) is 13.4 Å². The molecular weight excluding hydrogens is 494 g/mol. The Kier molecular flexibility index (Phi) is 9.05. The molecule has 0 heterocycles. The van der Waals surface area contributed by atoms with Crippen LogP contribution in [0, 0.1) is 0 Å². The molecule has 0 spiro atoms. The van der Waals surface area contributed by atoms with Crippen LogP contribution in [0.5, 0.6) is 5.75 Å². The molecule has 4 rings (SSSR count). The Hall–Kier alpha value is -4.14. The van der Waals surface area contributed by atoms with E-state index in [1.54, 1.807) is 19.2 Å². The number of benzene rings is 4. The van der Waals surface area contributed by atoms with Crippen LogP contribution in [0.15, 0.2) is 103 Å². The van der Waals surface area contributed by atoms with Gasteiger partial charge in [-0.05, 0) is 59.2 Å². The van der Waals surface area contributed by atoms with E-state index in [9.17, 15) is 26.3 Å². The summed E-state index contributed by atoms with van der Waals surface area (Å²) in [6, 6.07) is 28.3. The molecule has 4 aromatic rings. The molecule has 9 heteroatoms. The second kappa shape index (κ2) is 12.2. The van der Waals surface area contributed by atoms with Crippen molar-refractivity contribution in [2.45, 2.75) is 19.0 Å². The quantitative estimate of drug-likeness (QED) is 0.198. The molecule has 0 aliphatic heterocycles. The predicted octanol–water partition coefficient (Wildman–Crippen LogP) is 8.61. The van der Waals surface area contributed by atoms with Crippen molar-refractivity contribution in [3.63, 3.8) is 0 Å². The van der Waals surface area contributed by atoms with E-state index in [1.807, 2.05) is 48.5 Å². The minimum absolute atomic E-state index is 0.0556. The minimum Gasteiger partial charge on any atom is -0.497 e. The molecule has 0 bridgehead atoms. The highest BCUT2D eigenvalue weighted by Crippen LogP contribution is 2.31. The largest absolute Gasteiger partial charge is 0.497 e. The highest BCUT2D eigenvalue weighted by atomic mass is 19.4. The van der Waals surface area contributed by atoms with Crippen molar-refractivity contribution in [1.82, 2.24) is 0 Å². The summed E-state index contributed by atoms with van der Waals surface area (Å²) in [6.07, 6.45) is -8.68. The van der Waals surface area contributed by atoms with Gasteiger partial charge in [0.25, 0.3) is 0 Å². The first-order chi connectivity index (χ1) is 17.5. The lowest BCUT2D eigenvalue weighted by atomic mass is 10.0. The van der Waals surface area contributed by atoms with Crippen LogP contribution in [0.1, 0.15) is 11.1 Å². The zero-order valence-electron chi connectivity index (χ0n) is 19.7. The molecule has 0 saturated carbocycles. The van der Waals surface area contributed by atoms with Crippen molar-refractivity contribution < 1.29 is 31.1 Å². The molecule has 194 valence electrons. The van der Waals surface area contributed by atoms with Gasteiger partial charge in [-0.1, -0.05) is 60.7 Å². The second-order valence-corrected chi connectivity index (χ2v) is 7.85. The maximum Gasteiger partial charge on any atom is 0.482 e. The molecule has 0 aliphatic carbocycles. The number of methoxy groups -OCH3 is 1. The van der Waals surface area contributed by atoms with Crippen molar-refractivity contribution in [2.75, 3.05) is 17.7 Å². The molecule has 0 atom stereocenters. The highest BCUT2D eigenvalue weighted by molar-refractivity contribution is 5.64. The Bertz CT molecular complexity index is 1240. The molecule has 4 aromatic carbocycles. The molecule has 3 nitrogen and oxygen atoms in total. The molecule has 0 saturated heterocycles. The van der Waals surface area contributed by atoms with E-state index < -0.39 is 18.0 Å². The van der Waals surface area contributed by atoms with Gasteiger partial charge in [-0.3, -0.25) is 5.32 Å². The fourth-order valence-electron chi connectivity index (χ4n) is 3.29. The van der Waals surface area contributed by atoms with Crippen molar-refractivity contribution in [2.24, 2.45) is 0 Å². The number of alkyl halides is 6. The molecule has 0 radical (unpaired) electrons. The van der Waals surface area contributed by atoms with Gasteiger partial charge in [0.05, 0.1) is 12.7 Å². The summed E-state index contributed by atoms with van der Waals surface area (Å²) < 4.78 is 78.3. The summed E-state index contributed by atoms with van der Waals surface area (Å²) in [5, 5.41) is 4.41. The Morgan fingerprint density at radius 2 is 1.22 bits per heavy atom. The molecule has 0 aromatic heterocycles. The Labute approximate surface area is 210 Å². The summed E-state index contributed by atoms with van der Waals surface area (Å²) in [7, 11) is 1.63. The standard InChI is InChI=1S/C21H18F3NO.C7H6F3N/c1-26-20-11-9-17(10-12-20)16-7-5-15(6-8-16)14-25-19-4-2-3-18(13-19)21(22,23)24;8-7(9,10)11-6-4-2-1-3-5-6/h2-13,25H,14H2,1H3;1-5,11H. The van der Waals surface area contributed by atoms with Crippen LogP contribution in [0.2, 0.25) is 0 Å². The zero-order valence-corrected chi connectivity index (χ0v) is 19.7. The lowest BCUT2D eigenvalue weighted by Crippen LogP contribution is -2.20. The van der Waals surface area contributed by atoms with E-state index in [0.29, 0.717) is 12.2 Å². The van der Waals surface area contributed by atoms with E-state index in [2.05, 4.69) is 5.32 Å². The third-order valence-electron chi connectivity index (χ3n) is 5.12. The first-order valence-electron chi connectivity index (χ1n) is 11.1. The lowest BCUT2D eigenvalue weighted by molar-refractivity contribution is -0.137.